The van der Waals surface area contributed by atoms with E-state index in [-0.39, 0.29) is 23.3 Å². The van der Waals surface area contributed by atoms with Gasteiger partial charge in [0.25, 0.3) is 5.91 Å². The quantitative estimate of drug-likeness (QED) is 0.874. The van der Waals surface area contributed by atoms with Gasteiger partial charge in [0.05, 0.1) is 11.8 Å². The summed E-state index contributed by atoms with van der Waals surface area (Å²) in [4.78, 5) is 20.1. The molecule has 0 saturated carbocycles. The SMILES string of the molecule is CCC(C)NC(=O)c1cnc(-c2ccco2)nc1N. The molecule has 1 unspecified atom stereocenters. The van der Waals surface area contributed by atoms with Crippen LogP contribution in [0.2, 0.25) is 0 Å². The summed E-state index contributed by atoms with van der Waals surface area (Å²) >= 11 is 0. The zero-order chi connectivity index (χ0) is 13.8. The van der Waals surface area contributed by atoms with E-state index in [1.54, 1.807) is 12.1 Å². The van der Waals surface area contributed by atoms with Crippen LogP contribution in [0, 0.1) is 0 Å². The summed E-state index contributed by atoms with van der Waals surface area (Å²) in [5, 5.41) is 2.82. The molecule has 0 spiro atoms. The summed E-state index contributed by atoms with van der Waals surface area (Å²) in [6.07, 6.45) is 3.79. The van der Waals surface area contributed by atoms with Crippen molar-refractivity contribution in [3.8, 4) is 11.6 Å². The van der Waals surface area contributed by atoms with Crippen LogP contribution in [0.15, 0.2) is 29.0 Å². The van der Waals surface area contributed by atoms with Crippen LogP contribution in [0.5, 0.6) is 0 Å². The molecule has 2 aromatic rings. The highest BCUT2D eigenvalue weighted by molar-refractivity contribution is 5.98. The van der Waals surface area contributed by atoms with E-state index in [9.17, 15) is 4.79 Å². The second-order valence-corrected chi connectivity index (χ2v) is 4.25. The second-order valence-electron chi connectivity index (χ2n) is 4.25. The molecule has 6 heteroatoms. The molecule has 1 amide bonds. The van der Waals surface area contributed by atoms with Gasteiger partial charge in [-0.05, 0) is 25.5 Å². The lowest BCUT2D eigenvalue weighted by Crippen LogP contribution is -2.32. The first-order chi connectivity index (χ1) is 9.11. The average molecular weight is 260 g/mol. The maximum atomic E-state index is 11.9. The van der Waals surface area contributed by atoms with Crippen LogP contribution >= 0.6 is 0 Å². The zero-order valence-electron chi connectivity index (χ0n) is 10.9. The summed E-state index contributed by atoms with van der Waals surface area (Å²) in [6, 6.07) is 3.54. The van der Waals surface area contributed by atoms with Crippen LogP contribution in [0.1, 0.15) is 30.6 Å². The number of hydrogen-bond donors (Lipinski definition) is 2. The molecule has 0 radical (unpaired) electrons. The fourth-order valence-corrected chi connectivity index (χ4v) is 1.50. The Balaban J connectivity index is 2.22. The number of nitrogen functional groups attached to an aromatic ring is 1. The van der Waals surface area contributed by atoms with E-state index in [1.165, 1.54) is 12.5 Å². The zero-order valence-corrected chi connectivity index (χ0v) is 10.9. The van der Waals surface area contributed by atoms with Gasteiger partial charge in [0.2, 0.25) is 0 Å². The molecule has 0 bridgehead atoms. The number of anilines is 1. The summed E-state index contributed by atoms with van der Waals surface area (Å²) in [6.45, 7) is 3.91. The molecule has 0 aromatic carbocycles. The average Bonchev–Trinajstić information content (AvgIpc) is 2.92. The van der Waals surface area contributed by atoms with E-state index in [0.29, 0.717) is 11.6 Å². The van der Waals surface area contributed by atoms with Gasteiger partial charge in [-0.2, -0.15) is 0 Å². The molecule has 2 aromatic heterocycles. The fraction of sp³-hybridized carbons (Fsp3) is 0.308. The Bertz CT molecular complexity index is 566. The molecule has 0 saturated heterocycles. The third-order valence-electron chi connectivity index (χ3n) is 2.79. The molecule has 0 aliphatic rings. The maximum Gasteiger partial charge on any atom is 0.256 e. The largest absolute Gasteiger partial charge is 0.461 e. The van der Waals surface area contributed by atoms with Crippen LogP contribution < -0.4 is 11.1 Å². The Morgan fingerprint density at radius 3 is 2.95 bits per heavy atom. The lowest BCUT2D eigenvalue weighted by atomic mass is 10.2. The highest BCUT2D eigenvalue weighted by Gasteiger charge is 2.15. The number of amides is 1. The lowest BCUT2D eigenvalue weighted by Gasteiger charge is -2.12. The Morgan fingerprint density at radius 2 is 2.37 bits per heavy atom. The van der Waals surface area contributed by atoms with E-state index in [0.717, 1.165) is 6.42 Å². The number of nitrogens with two attached hydrogens (primary N) is 1. The molecular formula is C13H16N4O2. The smallest absolute Gasteiger partial charge is 0.256 e. The summed E-state index contributed by atoms with van der Waals surface area (Å²) < 4.78 is 5.18. The van der Waals surface area contributed by atoms with E-state index in [4.69, 9.17) is 10.2 Å². The van der Waals surface area contributed by atoms with Gasteiger partial charge in [0.15, 0.2) is 11.6 Å². The predicted octanol–water partition coefficient (Wildman–Crippen LogP) is 1.85. The third kappa shape index (κ3) is 2.90. The Kier molecular flexibility index (Phi) is 3.79. The van der Waals surface area contributed by atoms with Gasteiger partial charge in [-0.15, -0.1) is 0 Å². The van der Waals surface area contributed by atoms with Gasteiger partial charge in [-0.25, -0.2) is 9.97 Å². The predicted molar refractivity (Wildman–Crippen MR) is 71.4 cm³/mol. The minimum atomic E-state index is -0.266. The number of hydrogen-bond acceptors (Lipinski definition) is 5. The molecule has 0 fully saturated rings. The van der Waals surface area contributed by atoms with Crippen molar-refractivity contribution < 1.29 is 9.21 Å². The third-order valence-corrected chi connectivity index (χ3v) is 2.79. The number of rotatable bonds is 4. The Labute approximate surface area is 111 Å². The van der Waals surface area contributed by atoms with E-state index >= 15 is 0 Å². The molecule has 0 aliphatic heterocycles. The van der Waals surface area contributed by atoms with Crippen molar-refractivity contribution in [1.29, 1.82) is 0 Å². The summed E-state index contributed by atoms with van der Waals surface area (Å²) in [5.41, 5.74) is 6.07. The van der Waals surface area contributed by atoms with E-state index < -0.39 is 0 Å². The monoisotopic (exact) mass is 260 g/mol. The first-order valence-corrected chi connectivity index (χ1v) is 6.09. The number of carbonyl (C=O) groups excluding carboxylic acids is 1. The minimum absolute atomic E-state index is 0.0802. The molecule has 1 atom stereocenters. The van der Waals surface area contributed by atoms with Crippen LogP contribution in [0.25, 0.3) is 11.6 Å². The van der Waals surface area contributed by atoms with Crippen LogP contribution in [0.4, 0.5) is 5.82 Å². The number of furan rings is 1. The molecule has 2 heterocycles. The number of aromatic nitrogens is 2. The van der Waals surface area contributed by atoms with Crippen molar-refractivity contribution in [3.63, 3.8) is 0 Å². The highest BCUT2D eigenvalue weighted by Crippen LogP contribution is 2.17. The van der Waals surface area contributed by atoms with Crippen molar-refractivity contribution in [3.05, 3.63) is 30.2 Å². The molecule has 0 aliphatic carbocycles. The van der Waals surface area contributed by atoms with Crippen LogP contribution in [-0.4, -0.2) is 21.9 Å². The first kappa shape index (κ1) is 13.1. The standard InChI is InChI=1S/C13H16N4O2/c1-3-8(2)16-13(18)9-7-15-12(17-11(9)14)10-5-4-6-19-10/h4-8H,3H2,1-2H3,(H,16,18)(H2,14,15,17). The van der Waals surface area contributed by atoms with E-state index in [2.05, 4.69) is 15.3 Å². The first-order valence-electron chi connectivity index (χ1n) is 6.09. The summed E-state index contributed by atoms with van der Waals surface area (Å²) in [7, 11) is 0. The summed E-state index contributed by atoms with van der Waals surface area (Å²) in [5.74, 6) is 0.753. The van der Waals surface area contributed by atoms with Crippen molar-refractivity contribution in [2.45, 2.75) is 26.3 Å². The second kappa shape index (κ2) is 5.51. The minimum Gasteiger partial charge on any atom is -0.461 e. The lowest BCUT2D eigenvalue weighted by molar-refractivity contribution is 0.0939. The highest BCUT2D eigenvalue weighted by atomic mass is 16.3. The van der Waals surface area contributed by atoms with Gasteiger partial charge in [0, 0.05) is 12.2 Å². The van der Waals surface area contributed by atoms with Crippen LogP contribution in [0.3, 0.4) is 0 Å². The van der Waals surface area contributed by atoms with Gasteiger partial charge in [0.1, 0.15) is 5.82 Å². The van der Waals surface area contributed by atoms with E-state index in [1.807, 2.05) is 13.8 Å². The van der Waals surface area contributed by atoms with Gasteiger partial charge >= 0.3 is 0 Å². The molecule has 2 rings (SSSR count). The number of nitrogens with zero attached hydrogens (tertiary/aromatic N) is 2. The van der Waals surface area contributed by atoms with Crippen molar-refractivity contribution in [1.82, 2.24) is 15.3 Å². The van der Waals surface area contributed by atoms with Gasteiger partial charge in [-0.3, -0.25) is 4.79 Å². The fourth-order valence-electron chi connectivity index (χ4n) is 1.50. The van der Waals surface area contributed by atoms with Crippen LogP contribution in [-0.2, 0) is 0 Å². The molecule has 3 N–H and O–H groups in total. The van der Waals surface area contributed by atoms with Gasteiger partial charge < -0.3 is 15.5 Å². The Hall–Kier alpha value is -2.37. The number of carbonyl (C=O) groups is 1. The molecular weight excluding hydrogens is 244 g/mol. The normalized spacial score (nSPS) is 12.1. The van der Waals surface area contributed by atoms with Gasteiger partial charge in [-0.1, -0.05) is 6.92 Å². The number of nitrogens with one attached hydrogen (secondary N) is 1. The van der Waals surface area contributed by atoms with Crippen molar-refractivity contribution in [2.75, 3.05) is 5.73 Å². The Morgan fingerprint density at radius 1 is 1.58 bits per heavy atom. The molecule has 100 valence electrons. The topological polar surface area (TPSA) is 94.0 Å². The van der Waals surface area contributed by atoms with Crippen molar-refractivity contribution >= 4 is 11.7 Å². The molecule has 19 heavy (non-hydrogen) atoms. The van der Waals surface area contributed by atoms with Crippen molar-refractivity contribution in [2.24, 2.45) is 0 Å². The maximum absolute atomic E-state index is 11.9. The molecule has 6 nitrogen and oxygen atoms in total.